The van der Waals surface area contributed by atoms with Gasteiger partial charge in [0.1, 0.15) is 5.76 Å². The zero-order chi connectivity index (χ0) is 13.8. The number of hydrogen-bond donors (Lipinski definition) is 2. The van der Waals surface area contributed by atoms with Gasteiger partial charge in [0, 0.05) is 13.2 Å². The molecule has 0 saturated carbocycles. The Morgan fingerprint density at radius 2 is 2.16 bits per heavy atom. The summed E-state index contributed by atoms with van der Waals surface area (Å²) in [5.74, 6) is 0.859. The molecule has 0 fully saturated rings. The molecule has 0 bridgehead atoms. The van der Waals surface area contributed by atoms with Gasteiger partial charge in [0.25, 0.3) is 0 Å². The van der Waals surface area contributed by atoms with Crippen molar-refractivity contribution in [1.82, 2.24) is 5.32 Å². The standard InChI is InChI=1S/C14H25NO4/c1-2-3-6-17-8-9-18-12-13(16)10-15-11-14-5-4-7-19-14/h4-5,7,13,15-16H,2-3,6,8-12H2,1H3. The van der Waals surface area contributed by atoms with E-state index in [1.54, 1.807) is 6.26 Å². The summed E-state index contributed by atoms with van der Waals surface area (Å²) < 4.78 is 15.8. The summed E-state index contributed by atoms with van der Waals surface area (Å²) >= 11 is 0. The number of rotatable bonds is 12. The Hall–Kier alpha value is -0.880. The van der Waals surface area contributed by atoms with Crippen LogP contribution in [0.15, 0.2) is 22.8 Å². The van der Waals surface area contributed by atoms with Crippen molar-refractivity contribution in [2.75, 3.05) is 33.0 Å². The molecular formula is C14H25NO4. The molecule has 1 heterocycles. The first-order valence-electron chi connectivity index (χ1n) is 6.89. The molecule has 0 aromatic carbocycles. The second kappa shape index (κ2) is 11.0. The maximum Gasteiger partial charge on any atom is 0.117 e. The number of aliphatic hydroxyl groups is 1. The maximum atomic E-state index is 9.66. The van der Waals surface area contributed by atoms with Crippen molar-refractivity contribution in [3.8, 4) is 0 Å². The molecule has 5 nitrogen and oxygen atoms in total. The van der Waals surface area contributed by atoms with Crippen LogP contribution >= 0.6 is 0 Å². The molecule has 0 aliphatic heterocycles. The van der Waals surface area contributed by atoms with E-state index in [9.17, 15) is 5.11 Å². The van der Waals surface area contributed by atoms with E-state index >= 15 is 0 Å². The summed E-state index contributed by atoms with van der Waals surface area (Å²) in [5.41, 5.74) is 0. The van der Waals surface area contributed by atoms with Crippen LogP contribution in [0.3, 0.4) is 0 Å². The molecule has 0 amide bonds. The quantitative estimate of drug-likeness (QED) is 0.565. The molecule has 0 saturated heterocycles. The molecule has 0 radical (unpaired) electrons. The molecule has 110 valence electrons. The number of ether oxygens (including phenoxy) is 2. The second-order valence-corrected chi connectivity index (χ2v) is 4.40. The van der Waals surface area contributed by atoms with Crippen molar-refractivity contribution in [3.63, 3.8) is 0 Å². The fourth-order valence-electron chi connectivity index (χ4n) is 1.52. The summed E-state index contributed by atoms with van der Waals surface area (Å²) in [4.78, 5) is 0. The zero-order valence-corrected chi connectivity index (χ0v) is 11.6. The highest BCUT2D eigenvalue weighted by Gasteiger charge is 2.04. The van der Waals surface area contributed by atoms with Gasteiger partial charge in [0.05, 0.1) is 38.7 Å². The number of aliphatic hydroxyl groups excluding tert-OH is 1. The van der Waals surface area contributed by atoms with E-state index in [1.165, 1.54) is 0 Å². The van der Waals surface area contributed by atoms with E-state index in [1.807, 2.05) is 12.1 Å². The predicted molar refractivity (Wildman–Crippen MR) is 73.0 cm³/mol. The summed E-state index contributed by atoms with van der Waals surface area (Å²) in [6, 6.07) is 3.73. The van der Waals surface area contributed by atoms with Crippen molar-refractivity contribution in [3.05, 3.63) is 24.2 Å². The van der Waals surface area contributed by atoms with E-state index in [-0.39, 0.29) is 0 Å². The van der Waals surface area contributed by atoms with Gasteiger partial charge in [-0.1, -0.05) is 13.3 Å². The van der Waals surface area contributed by atoms with Crippen LogP contribution in [-0.4, -0.2) is 44.2 Å². The smallest absolute Gasteiger partial charge is 0.117 e. The van der Waals surface area contributed by atoms with Crippen molar-refractivity contribution in [2.45, 2.75) is 32.4 Å². The van der Waals surface area contributed by atoms with Crippen LogP contribution in [0.2, 0.25) is 0 Å². The third kappa shape index (κ3) is 8.77. The predicted octanol–water partition coefficient (Wildman–Crippen LogP) is 1.56. The van der Waals surface area contributed by atoms with E-state index in [4.69, 9.17) is 13.9 Å². The molecule has 5 heteroatoms. The number of furan rings is 1. The fraction of sp³-hybridized carbons (Fsp3) is 0.714. The van der Waals surface area contributed by atoms with Gasteiger partial charge >= 0.3 is 0 Å². The minimum atomic E-state index is -0.509. The molecule has 1 rings (SSSR count). The highest BCUT2D eigenvalue weighted by molar-refractivity contribution is 4.97. The number of hydrogen-bond acceptors (Lipinski definition) is 5. The van der Waals surface area contributed by atoms with Gasteiger partial charge in [-0.3, -0.25) is 0 Å². The van der Waals surface area contributed by atoms with Gasteiger partial charge in [0.15, 0.2) is 0 Å². The molecule has 0 spiro atoms. The van der Waals surface area contributed by atoms with Crippen LogP contribution in [0.1, 0.15) is 25.5 Å². The van der Waals surface area contributed by atoms with E-state index in [0.29, 0.717) is 32.9 Å². The highest BCUT2D eigenvalue weighted by Crippen LogP contribution is 1.98. The average Bonchev–Trinajstić information content (AvgIpc) is 2.91. The summed E-state index contributed by atoms with van der Waals surface area (Å²) in [5, 5.41) is 12.8. The molecule has 0 aliphatic rings. The second-order valence-electron chi connectivity index (χ2n) is 4.40. The Balaban J connectivity index is 1.86. The number of unbranched alkanes of at least 4 members (excludes halogenated alkanes) is 1. The van der Waals surface area contributed by atoms with Gasteiger partial charge in [0.2, 0.25) is 0 Å². The Morgan fingerprint density at radius 3 is 2.89 bits per heavy atom. The van der Waals surface area contributed by atoms with Crippen LogP contribution in [0.5, 0.6) is 0 Å². The lowest BCUT2D eigenvalue weighted by Crippen LogP contribution is -2.30. The fourth-order valence-corrected chi connectivity index (χ4v) is 1.52. The number of nitrogens with one attached hydrogen (secondary N) is 1. The lowest BCUT2D eigenvalue weighted by molar-refractivity contribution is 0.00375. The Kier molecular flexibility index (Phi) is 9.36. The molecule has 0 aliphatic carbocycles. The first kappa shape index (κ1) is 16.2. The molecule has 19 heavy (non-hydrogen) atoms. The molecule has 1 unspecified atom stereocenters. The van der Waals surface area contributed by atoms with Gasteiger partial charge < -0.3 is 24.3 Å². The highest BCUT2D eigenvalue weighted by atomic mass is 16.5. The minimum Gasteiger partial charge on any atom is -0.468 e. The van der Waals surface area contributed by atoms with Gasteiger partial charge in [-0.05, 0) is 18.6 Å². The molecule has 1 atom stereocenters. The van der Waals surface area contributed by atoms with Gasteiger partial charge in [-0.2, -0.15) is 0 Å². The maximum absolute atomic E-state index is 9.66. The Labute approximate surface area is 114 Å². The van der Waals surface area contributed by atoms with Gasteiger partial charge in [-0.15, -0.1) is 0 Å². The van der Waals surface area contributed by atoms with Crippen LogP contribution in [0, 0.1) is 0 Å². The SMILES string of the molecule is CCCCOCCOCC(O)CNCc1ccco1. The Bertz CT molecular complexity index is 290. The molecule has 1 aromatic heterocycles. The first-order chi connectivity index (χ1) is 9.33. The third-order valence-corrected chi connectivity index (χ3v) is 2.58. The van der Waals surface area contributed by atoms with Crippen molar-refractivity contribution < 1.29 is 19.0 Å². The average molecular weight is 271 g/mol. The lowest BCUT2D eigenvalue weighted by Gasteiger charge is -2.12. The van der Waals surface area contributed by atoms with E-state index in [0.717, 1.165) is 25.2 Å². The normalized spacial score (nSPS) is 12.7. The van der Waals surface area contributed by atoms with Crippen LogP contribution in [0.25, 0.3) is 0 Å². The van der Waals surface area contributed by atoms with Crippen molar-refractivity contribution in [2.24, 2.45) is 0 Å². The van der Waals surface area contributed by atoms with E-state index in [2.05, 4.69) is 12.2 Å². The van der Waals surface area contributed by atoms with Crippen LogP contribution < -0.4 is 5.32 Å². The zero-order valence-electron chi connectivity index (χ0n) is 11.6. The summed E-state index contributed by atoms with van der Waals surface area (Å²) in [6.07, 6.45) is 3.35. The van der Waals surface area contributed by atoms with E-state index < -0.39 is 6.10 Å². The van der Waals surface area contributed by atoms with Crippen LogP contribution in [0.4, 0.5) is 0 Å². The monoisotopic (exact) mass is 271 g/mol. The summed E-state index contributed by atoms with van der Waals surface area (Å²) in [6.45, 7) is 5.45. The topological polar surface area (TPSA) is 63.9 Å². The van der Waals surface area contributed by atoms with Crippen LogP contribution in [-0.2, 0) is 16.0 Å². The largest absolute Gasteiger partial charge is 0.468 e. The lowest BCUT2D eigenvalue weighted by atomic mass is 10.3. The Morgan fingerprint density at radius 1 is 1.32 bits per heavy atom. The molecule has 2 N–H and O–H groups in total. The van der Waals surface area contributed by atoms with Crippen molar-refractivity contribution in [1.29, 1.82) is 0 Å². The third-order valence-electron chi connectivity index (χ3n) is 2.58. The molecule has 1 aromatic rings. The van der Waals surface area contributed by atoms with Crippen molar-refractivity contribution >= 4 is 0 Å². The molecular weight excluding hydrogens is 246 g/mol. The summed E-state index contributed by atoms with van der Waals surface area (Å²) in [7, 11) is 0. The van der Waals surface area contributed by atoms with Gasteiger partial charge in [-0.25, -0.2) is 0 Å². The first-order valence-corrected chi connectivity index (χ1v) is 6.89. The minimum absolute atomic E-state index is 0.322.